The van der Waals surface area contributed by atoms with E-state index in [-0.39, 0.29) is 5.97 Å². The minimum Gasteiger partial charge on any atom is -0.464 e. The number of hydrogen-bond donors (Lipinski definition) is 0. The summed E-state index contributed by atoms with van der Waals surface area (Å²) in [6.45, 7) is 7.46. The molecule has 0 bridgehead atoms. The highest BCUT2D eigenvalue weighted by molar-refractivity contribution is 5.88. The van der Waals surface area contributed by atoms with Crippen LogP contribution < -0.4 is 0 Å². The molecule has 1 amide bonds. The third kappa shape index (κ3) is 3.11. The van der Waals surface area contributed by atoms with Crippen molar-refractivity contribution < 1.29 is 19.1 Å². The standard InChI is InChI=1S/C12H21NO4/c1-6-16-9(14)12(7-8-12)13(5)10(15)17-11(2,3)4/h6-8H2,1-5H3. The number of ether oxygens (including phenoxy) is 2. The summed E-state index contributed by atoms with van der Waals surface area (Å²) < 4.78 is 10.2. The molecule has 5 nitrogen and oxygen atoms in total. The first-order chi connectivity index (χ1) is 7.73. The van der Waals surface area contributed by atoms with Crippen molar-refractivity contribution in [1.29, 1.82) is 0 Å². The highest BCUT2D eigenvalue weighted by atomic mass is 16.6. The maximum Gasteiger partial charge on any atom is 0.410 e. The summed E-state index contributed by atoms with van der Waals surface area (Å²) in [6, 6.07) is 0. The highest BCUT2D eigenvalue weighted by Crippen LogP contribution is 2.42. The fourth-order valence-electron chi connectivity index (χ4n) is 1.57. The molecule has 1 fully saturated rings. The lowest BCUT2D eigenvalue weighted by Crippen LogP contribution is -2.47. The maximum atomic E-state index is 11.8. The van der Waals surface area contributed by atoms with Crippen molar-refractivity contribution in [2.45, 2.75) is 51.7 Å². The Morgan fingerprint density at radius 2 is 1.82 bits per heavy atom. The second-order valence-electron chi connectivity index (χ2n) is 5.29. The quantitative estimate of drug-likeness (QED) is 0.711. The van der Waals surface area contributed by atoms with Gasteiger partial charge in [-0.3, -0.25) is 4.90 Å². The van der Waals surface area contributed by atoms with Gasteiger partial charge >= 0.3 is 12.1 Å². The molecule has 0 radical (unpaired) electrons. The molecule has 0 aromatic heterocycles. The number of hydrogen-bond acceptors (Lipinski definition) is 4. The lowest BCUT2D eigenvalue weighted by molar-refractivity contribution is -0.150. The molecule has 1 rings (SSSR count). The van der Waals surface area contributed by atoms with E-state index in [0.717, 1.165) is 0 Å². The van der Waals surface area contributed by atoms with Gasteiger partial charge in [0.25, 0.3) is 0 Å². The molecule has 1 aliphatic rings. The molecular weight excluding hydrogens is 222 g/mol. The van der Waals surface area contributed by atoms with Crippen LogP contribution in [0.5, 0.6) is 0 Å². The van der Waals surface area contributed by atoms with Gasteiger partial charge in [0.15, 0.2) is 0 Å². The van der Waals surface area contributed by atoms with Gasteiger partial charge in [-0.05, 0) is 40.5 Å². The average molecular weight is 243 g/mol. The van der Waals surface area contributed by atoms with E-state index in [0.29, 0.717) is 19.4 Å². The van der Waals surface area contributed by atoms with Gasteiger partial charge < -0.3 is 9.47 Å². The Balaban J connectivity index is 2.66. The predicted molar refractivity (Wildman–Crippen MR) is 62.6 cm³/mol. The number of carbonyl (C=O) groups excluding carboxylic acids is 2. The number of amides is 1. The van der Waals surface area contributed by atoms with Crippen LogP contribution in [-0.4, -0.2) is 41.8 Å². The van der Waals surface area contributed by atoms with Gasteiger partial charge in [-0.2, -0.15) is 0 Å². The Morgan fingerprint density at radius 3 is 2.18 bits per heavy atom. The van der Waals surface area contributed by atoms with Crippen molar-refractivity contribution in [2.24, 2.45) is 0 Å². The normalized spacial score (nSPS) is 17.2. The Labute approximate surface area is 102 Å². The molecule has 0 heterocycles. The summed E-state index contributed by atoms with van der Waals surface area (Å²) in [5, 5.41) is 0. The number of likely N-dealkylation sites (N-methyl/N-ethyl adjacent to an activating group) is 1. The molecule has 1 aliphatic carbocycles. The lowest BCUT2D eigenvalue weighted by Gasteiger charge is -2.29. The Morgan fingerprint density at radius 1 is 1.29 bits per heavy atom. The Hall–Kier alpha value is -1.26. The van der Waals surface area contributed by atoms with E-state index in [9.17, 15) is 9.59 Å². The minimum absolute atomic E-state index is 0.322. The molecule has 0 aromatic carbocycles. The second-order valence-corrected chi connectivity index (χ2v) is 5.29. The van der Waals surface area contributed by atoms with Crippen molar-refractivity contribution in [3.63, 3.8) is 0 Å². The van der Waals surface area contributed by atoms with Crippen molar-refractivity contribution >= 4 is 12.1 Å². The zero-order valence-corrected chi connectivity index (χ0v) is 11.2. The van der Waals surface area contributed by atoms with Gasteiger partial charge in [-0.15, -0.1) is 0 Å². The van der Waals surface area contributed by atoms with E-state index in [1.54, 1.807) is 34.7 Å². The number of nitrogens with zero attached hydrogens (tertiary/aromatic N) is 1. The molecule has 0 aromatic rings. The van der Waals surface area contributed by atoms with Crippen LogP contribution >= 0.6 is 0 Å². The summed E-state index contributed by atoms with van der Waals surface area (Å²) in [7, 11) is 1.58. The van der Waals surface area contributed by atoms with Crippen LogP contribution in [0, 0.1) is 0 Å². The van der Waals surface area contributed by atoms with E-state index in [1.807, 2.05) is 0 Å². The van der Waals surface area contributed by atoms with Crippen LogP contribution in [-0.2, 0) is 14.3 Å². The smallest absolute Gasteiger partial charge is 0.410 e. The third-order valence-electron chi connectivity index (χ3n) is 2.69. The predicted octanol–water partition coefficient (Wildman–Crippen LogP) is 1.95. The molecule has 98 valence electrons. The van der Waals surface area contributed by atoms with Crippen LogP contribution in [0.4, 0.5) is 4.79 Å². The number of carbonyl (C=O) groups is 2. The van der Waals surface area contributed by atoms with E-state index in [4.69, 9.17) is 9.47 Å². The molecule has 0 unspecified atom stereocenters. The highest BCUT2D eigenvalue weighted by Gasteiger charge is 2.57. The molecule has 1 saturated carbocycles. The largest absolute Gasteiger partial charge is 0.464 e. The Bertz CT molecular complexity index is 315. The second kappa shape index (κ2) is 4.55. The fourth-order valence-corrected chi connectivity index (χ4v) is 1.57. The molecule has 0 aliphatic heterocycles. The topological polar surface area (TPSA) is 55.8 Å². The van der Waals surface area contributed by atoms with E-state index in [2.05, 4.69) is 0 Å². The van der Waals surface area contributed by atoms with Gasteiger partial charge in [0.05, 0.1) is 6.61 Å². The average Bonchev–Trinajstić information content (AvgIpc) is 2.95. The zero-order valence-electron chi connectivity index (χ0n) is 11.2. The van der Waals surface area contributed by atoms with Gasteiger partial charge in [0.1, 0.15) is 11.1 Å². The molecule has 17 heavy (non-hydrogen) atoms. The van der Waals surface area contributed by atoms with Gasteiger partial charge in [0.2, 0.25) is 0 Å². The summed E-state index contributed by atoms with van der Waals surface area (Å²) in [5.41, 5.74) is -1.35. The zero-order chi connectivity index (χ0) is 13.3. The lowest BCUT2D eigenvalue weighted by atomic mass is 10.2. The molecular formula is C12H21NO4. The number of esters is 1. The monoisotopic (exact) mass is 243 g/mol. The van der Waals surface area contributed by atoms with Crippen LogP contribution in [0.1, 0.15) is 40.5 Å². The summed E-state index contributed by atoms with van der Waals surface area (Å²) in [4.78, 5) is 25.0. The molecule has 0 saturated heterocycles. The van der Waals surface area contributed by atoms with E-state index < -0.39 is 17.2 Å². The first-order valence-electron chi connectivity index (χ1n) is 5.87. The first kappa shape index (κ1) is 13.8. The SMILES string of the molecule is CCOC(=O)C1(N(C)C(=O)OC(C)(C)C)CC1. The molecule has 0 N–H and O–H groups in total. The molecule has 0 atom stereocenters. The van der Waals surface area contributed by atoms with Crippen molar-refractivity contribution in [2.75, 3.05) is 13.7 Å². The maximum absolute atomic E-state index is 11.8. The van der Waals surface area contributed by atoms with E-state index in [1.165, 1.54) is 4.90 Å². The van der Waals surface area contributed by atoms with Gasteiger partial charge in [-0.1, -0.05) is 0 Å². The molecule has 5 heteroatoms. The summed E-state index contributed by atoms with van der Waals surface area (Å²) in [5.74, 6) is -0.339. The summed E-state index contributed by atoms with van der Waals surface area (Å²) in [6.07, 6.45) is 0.798. The third-order valence-corrected chi connectivity index (χ3v) is 2.69. The molecule has 0 spiro atoms. The van der Waals surface area contributed by atoms with Gasteiger partial charge in [-0.25, -0.2) is 9.59 Å². The fraction of sp³-hybridized carbons (Fsp3) is 0.833. The first-order valence-corrected chi connectivity index (χ1v) is 5.87. The van der Waals surface area contributed by atoms with Crippen molar-refractivity contribution in [3.05, 3.63) is 0 Å². The van der Waals surface area contributed by atoms with Crippen LogP contribution in [0.3, 0.4) is 0 Å². The van der Waals surface area contributed by atoms with E-state index >= 15 is 0 Å². The van der Waals surface area contributed by atoms with Crippen LogP contribution in [0.15, 0.2) is 0 Å². The van der Waals surface area contributed by atoms with Gasteiger partial charge in [0, 0.05) is 7.05 Å². The Kier molecular flexibility index (Phi) is 3.69. The van der Waals surface area contributed by atoms with Crippen LogP contribution in [0.25, 0.3) is 0 Å². The van der Waals surface area contributed by atoms with Crippen molar-refractivity contribution in [1.82, 2.24) is 4.90 Å². The minimum atomic E-state index is -0.793. The van der Waals surface area contributed by atoms with Crippen LogP contribution in [0.2, 0.25) is 0 Å². The summed E-state index contributed by atoms with van der Waals surface area (Å²) >= 11 is 0. The van der Waals surface area contributed by atoms with Crippen molar-refractivity contribution in [3.8, 4) is 0 Å². The number of rotatable bonds is 3.